The maximum Gasteiger partial charge on any atom is 0.321 e. The third-order valence-electron chi connectivity index (χ3n) is 3.37. The summed E-state index contributed by atoms with van der Waals surface area (Å²) in [4.78, 5) is 27.8. The van der Waals surface area contributed by atoms with Gasteiger partial charge in [-0.05, 0) is 32.6 Å². The van der Waals surface area contributed by atoms with Crippen molar-refractivity contribution in [3.63, 3.8) is 0 Å². The van der Waals surface area contributed by atoms with Gasteiger partial charge in [0.15, 0.2) is 5.16 Å². The molecule has 0 bridgehead atoms. The Morgan fingerprint density at radius 2 is 2.15 bits per heavy atom. The summed E-state index contributed by atoms with van der Waals surface area (Å²) >= 11 is 1.39. The molecule has 2 aliphatic carbocycles. The fraction of sp³-hybridized carbons (Fsp3) is 0.615. The number of carbonyl (C=O) groups excluding carboxylic acids is 2. The normalized spacial score (nSPS) is 19.4. The molecule has 2 aliphatic rings. The van der Waals surface area contributed by atoms with Gasteiger partial charge in [0.05, 0.1) is 5.25 Å². The fourth-order valence-corrected chi connectivity index (χ4v) is 2.83. The van der Waals surface area contributed by atoms with Crippen LogP contribution in [0, 0.1) is 0 Å². The molecule has 6 nitrogen and oxygen atoms in total. The van der Waals surface area contributed by atoms with Gasteiger partial charge in [-0.25, -0.2) is 9.78 Å². The number of imide groups is 1. The number of urea groups is 1. The second kappa shape index (κ2) is 5.47. The second-order valence-electron chi connectivity index (χ2n) is 5.35. The summed E-state index contributed by atoms with van der Waals surface area (Å²) in [7, 11) is 0. The predicted octanol–water partition coefficient (Wildman–Crippen LogP) is 1.69. The number of nitrogens with one attached hydrogen (secondary N) is 2. The van der Waals surface area contributed by atoms with E-state index in [1.54, 1.807) is 13.1 Å². The molecular weight excluding hydrogens is 276 g/mol. The average Bonchev–Trinajstić information content (AvgIpc) is 3.32. The molecule has 3 amide bonds. The highest BCUT2D eigenvalue weighted by molar-refractivity contribution is 8.00. The van der Waals surface area contributed by atoms with Crippen LogP contribution in [0.5, 0.6) is 0 Å². The Hall–Kier alpha value is -1.50. The minimum atomic E-state index is -0.393. The minimum absolute atomic E-state index is 0.250. The van der Waals surface area contributed by atoms with Gasteiger partial charge in [0, 0.05) is 24.5 Å². The zero-order valence-electron chi connectivity index (χ0n) is 11.3. The molecule has 0 saturated heterocycles. The average molecular weight is 294 g/mol. The van der Waals surface area contributed by atoms with Gasteiger partial charge in [-0.1, -0.05) is 11.8 Å². The van der Waals surface area contributed by atoms with E-state index in [9.17, 15) is 9.59 Å². The third kappa shape index (κ3) is 3.33. The summed E-state index contributed by atoms with van der Waals surface area (Å²) in [6.07, 6.45) is 8.06. The molecule has 3 rings (SSSR count). The van der Waals surface area contributed by atoms with Crippen molar-refractivity contribution in [3.8, 4) is 0 Å². The van der Waals surface area contributed by atoms with Crippen LogP contribution in [-0.2, 0) is 4.79 Å². The Labute approximate surface area is 121 Å². The Kier molecular flexibility index (Phi) is 3.69. The highest BCUT2D eigenvalue weighted by Crippen LogP contribution is 2.38. The second-order valence-corrected chi connectivity index (χ2v) is 6.65. The lowest BCUT2D eigenvalue weighted by Crippen LogP contribution is -2.43. The Morgan fingerprint density at radius 1 is 1.40 bits per heavy atom. The number of nitrogens with zero attached hydrogens (tertiary/aromatic N) is 2. The van der Waals surface area contributed by atoms with Gasteiger partial charge in [0.25, 0.3) is 0 Å². The number of amides is 3. The largest absolute Gasteiger partial charge is 0.335 e. The van der Waals surface area contributed by atoms with Gasteiger partial charge in [-0.15, -0.1) is 0 Å². The molecular formula is C13H18N4O2S. The summed E-state index contributed by atoms with van der Waals surface area (Å²) in [6, 6.07) is 0.392. The highest BCUT2D eigenvalue weighted by Gasteiger charge is 2.28. The van der Waals surface area contributed by atoms with Crippen LogP contribution in [-0.4, -0.2) is 32.8 Å². The molecule has 2 saturated carbocycles. The number of carbonyl (C=O) groups is 2. The van der Waals surface area contributed by atoms with Crippen LogP contribution < -0.4 is 10.6 Å². The van der Waals surface area contributed by atoms with E-state index in [2.05, 4.69) is 20.2 Å². The molecule has 0 radical (unpaired) electrons. The van der Waals surface area contributed by atoms with E-state index in [1.807, 2.05) is 6.20 Å². The zero-order valence-corrected chi connectivity index (χ0v) is 12.2. The van der Waals surface area contributed by atoms with Crippen molar-refractivity contribution in [3.05, 3.63) is 12.4 Å². The predicted molar refractivity (Wildman–Crippen MR) is 75.5 cm³/mol. The van der Waals surface area contributed by atoms with Crippen molar-refractivity contribution in [2.75, 3.05) is 0 Å². The minimum Gasteiger partial charge on any atom is -0.335 e. The topological polar surface area (TPSA) is 76.0 Å². The van der Waals surface area contributed by atoms with Crippen LogP contribution in [0.15, 0.2) is 17.6 Å². The lowest BCUT2D eigenvalue weighted by atomic mass is 10.4. The lowest BCUT2D eigenvalue weighted by Gasteiger charge is -2.12. The summed E-state index contributed by atoms with van der Waals surface area (Å²) < 4.78 is 2.11. The molecule has 1 atom stereocenters. The lowest BCUT2D eigenvalue weighted by molar-refractivity contribution is -0.119. The quantitative estimate of drug-likeness (QED) is 0.810. The molecule has 0 unspecified atom stereocenters. The number of rotatable bonds is 5. The zero-order chi connectivity index (χ0) is 14.1. The first-order valence-electron chi connectivity index (χ1n) is 6.94. The smallest absolute Gasteiger partial charge is 0.321 e. The fourth-order valence-electron chi connectivity index (χ4n) is 1.90. The van der Waals surface area contributed by atoms with Crippen LogP contribution in [0.25, 0.3) is 0 Å². The number of imidazole rings is 1. The number of aromatic nitrogens is 2. The van der Waals surface area contributed by atoms with Crippen LogP contribution in [0.2, 0.25) is 0 Å². The van der Waals surface area contributed by atoms with E-state index in [1.165, 1.54) is 24.6 Å². The van der Waals surface area contributed by atoms with Crippen molar-refractivity contribution < 1.29 is 9.59 Å². The molecule has 0 spiro atoms. The van der Waals surface area contributed by atoms with E-state index in [4.69, 9.17) is 0 Å². The first-order valence-corrected chi connectivity index (χ1v) is 7.82. The monoisotopic (exact) mass is 294 g/mol. The maximum atomic E-state index is 11.9. The summed E-state index contributed by atoms with van der Waals surface area (Å²) in [6.45, 7) is 1.79. The number of thioether (sulfide) groups is 1. The number of hydrogen-bond donors (Lipinski definition) is 2. The summed E-state index contributed by atoms with van der Waals surface area (Å²) in [5, 5.41) is 5.62. The van der Waals surface area contributed by atoms with Crippen molar-refractivity contribution in [1.82, 2.24) is 20.2 Å². The SMILES string of the molecule is C[C@H](Sc1nccn1C1CC1)C(=O)NC(=O)NC1CC1. The first-order chi connectivity index (χ1) is 9.63. The van der Waals surface area contributed by atoms with Crippen LogP contribution >= 0.6 is 11.8 Å². The molecule has 1 aromatic heterocycles. The van der Waals surface area contributed by atoms with Gasteiger partial charge in [-0.3, -0.25) is 10.1 Å². The van der Waals surface area contributed by atoms with E-state index in [0.29, 0.717) is 6.04 Å². The van der Waals surface area contributed by atoms with E-state index in [-0.39, 0.29) is 17.2 Å². The highest BCUT2D eigenvalue weighted by atomic mass is 32.2. The van der Waals surface area contributed by atoms with E-state index >= 15 is 0 Å². The van der Waals surface area contributed by atoms with Crippen LogP contribution in [0.1, 0.15) is 38.6 Å². The first kappa shape index (κ1) is 13.5. The third-order valence-corrected chi connectivity index (χ3v) is 4.47. The summed E-state index contributed by atoms with van der Waals surface area (Å²) in [5.74, 6) is -0.279. The molecule has 0 aliphatic heterocycles. The van der Waals surface area contributed by atoms with E-state index in [0.717, 1.165) is 18.0 Å². The Morgan fingerprint density at radius 3 is 2.80 bits per heavy atom. The van der Waals surface area contributed by atoms with Gasteiger partial charge in [0.1, 0.15) is 0 Å². The van der Waals surface area contributed by atoms with Crippen molar-refractivity contribution in [2.24, 2.45) is 0 Å². The number of hydrogen-bond acceptors (Lipinski definition) is 4. The van der Waals surface area contributed by atoms with Crippen molar-refractivity contribution in [1.29, 1.82) is 0 Å². The Bertz CT molecular complexity index is 522. The Balaban J connectivity index is 1.51. The molecule has 0 aromatic carbocycles. The molecule has 1 aromatic rings. The van der Waals surface area contributed by atoms with Gasteiger partial charge in [0.2, 0.25) is 5.91 Å². The summed E-state index contributed by atoms with van der Waals surface area (Å²) in [5.41, 5.74) is 0. The maximum absolute atomic E-state index is 11.9. The van der Waals surface area contributed by atoms with Gasteiger partial charge < -0.3 is 9.88 Å². The molecule has 108 valence electrons. The van der Waals surface area contributed by atoms with E-state index < -0.39 is 6.03 Å². The molecule has 2 fully saturated rings. The molecule has 2 N–H and O–H groups in total. The van der Waals surface area contributed by atoms with Crippen molar-refractivity contribution in [2.45, 2.75) is 55.1 Å². The molecule has 1 heterocycles. The molecule has 20 heavy (non-hydrogen) atoms. The van der Waals surface area contributed by atoms with Crippen LogP contribution in [0.4, 0.5) is 4.79 Å². The van der Waals surface area contributed by atoms with Crippen molar-refractivity contribution >= 4 is 23.7 Å². The molecule has 7 heteroatoms. The van der Waals surface area contributed by atoms with Crippen LogP contribution in [0.3, 0.4) is 0 Å². The van der Waals surface area contributed by atoms with Gasteiger partial charge >= 0.3 is 6.03 Å². The standard InChI is InChI=1S/C13H18N4O2S/c1-8(11(18)16-12(19)15-9-2-3-9)20-13-14-6-7-17(13)10-4-5-10/h6-10H,2-5H2,1H3,(H2,15,16,18,19)/t8-/m0/s1. The van der Waals surface area contributed by atoms with Gasteiger partial charge in [-0.2, -0.15) is 0 Å².